The van der Waals surface area contributed by atoms with Crippen LogP contribution in [0.2, 0.25) is 0 Å². The minimum Gasteiger partial charge on any atom is -0.491 e. The third-order valence-electron chi connectivity index (χ3n) is 1.87. The maximum atomic E-state index is 5.83. The second kappa shape index (κ2) is 4.17. The van der Waals surface area contributed by atoms with Crippen molar-refractivity contribution in [3.8, 4) is 5.75 Å². The molecule has 0 fully saturated rings. The van der Waals surface area contributed by atoms with Gasteiger partial charge in [0.2, 0.25) is 0 Å². The van der Waals surface area contributed by atoms with Gasteiger partial charge in [-0.2, -0.15) is 0 Å². The molecule has 0 saturated carbocycles. The number of rotatable bonds is 3. The molecule has 72 valence electrons. The van der Waals surface area contributed by atoms with Crippen LogP contribution in [-0.2, 0) is 6.42 Å². The van der Waals surface area contributed by atoms with Crippen molar-refractivity contribution in [1.29, 1.82) is 0 Å². The molecule has 0 saturated heterocycles. The van der Waals surface area contributed by atoms with Gasteiger partial charge in [0.05, 0.1) is 6.10 Å². The summed E-state index contributed by atoms with van der Waals surface area (Å²) in [6, 6.07) is 5.88. The molecule has 0 aromatic heterocycles. The Morgan fingerprint density at radius 3 is 2.54 bits per heavy atom. The fourth-order valence-corrected chi connectivity index (χ4v) is 1.24. The number of anilines is 1. The first-order valence-electron chi connectivity index (χ1n) is 4.68. The average molecular weight is 179 g/mol. The minimum atomic E-state index is 0.201. The van der Waals surface area contributed by atoms with Crippen LogP contribution in [0.5, 0.6) is 5.75 Å². The maximum Gasteiger partial charge on any atom is 0.121 e. The SMILES string of the molecule is CCc1ccc(OC(C)C)cc1N. The molecule has 0 aliphatic rings. The monoisotopic (exact) mass is 179 g/mol. The zero-order valence-electron chi connectivity index (χ0n) is 8.50. The van der Waals surface area contributed by atoms with E-state index in [1.165, 1.54) is 5.56 Å². The standard InChI is InChI=1S/C11H17NO/c1-4-9-5-6-10(7-11(9)12)13-8(2)3/h5-8H,4,12H2,1-3H3. The molecule has 0 spiro atoms. The molecule has 0 aliphatic carbocycles. The van der Waals surface area contributed by atoms with Crippen molar-refractivity contribution in [3.63, 3.8) is 0 Å². The Balaban J connectivity index is 2.83. The van der Waals surface area contributed by atoms with Crippen molar-refractivity contribution in [1.82, 2.24) is 0 Å². The molecule has 0 amide bonds. The summed E-state index contributed by atoms with van der Waals surface area (Å²) < 4.78 is 5.51. The number of nitrogen functional groups attached to an aromatic ring is 1. The molecule has 0 bridgehead atoms. The topological polar surface area (TPSA) is 35.2 Å². The maximum absolute atomic E-state index is 5.83. The molecule has 2 nitrogen and oxygen atoms in total. The Bertz CT molecular complexity index is 281. The minimum absolute atomic E-state index is 0.201. The Morgan fingerprint density at radius 2 is 2.08 bits per heavy atom. The number of hydrogen-bond donors (Lipinski definition) is 1. The lowest BCUT2D eigenvalue weighted by Gasteiger charge is -2.11. The highest BCUT2D eigenvalue weighted by molar-refractivity contribution is 5.51. The molecule has 2 N–H and O–H groups in total. The molecular formula is C11H17NO. The van der Waals surface area contributed by atoms with Crippen molar-refractivity contribution < 1.29 is 4.74 Å². The van der Waals surface area contributed by atoms with E-state index in [-0.39, 0.29) is 6.10 Å². The molecule has 0 atom stereocenters. The summed E-state index contributed by atoms with van der Waals surface area (Å²) in [5.74, 6) is 0.852. The summed E-state index contributed by atoms with van der Waals surface area (Å²) in [7, 11) is 0. The second-order valence-electron chi connectivity index (χ2n) is 3.38. The smallest absolute Gasteiger partial charge is 0.121 e. The van der Waals surface area contributed by atoms with Crippen LogP contribution < -0.4 is 10.5 Å². The van der Waals surface area contributed by atoms with E-state index in [2.05, 4.69) is 6.92 Å². The van der Waals surface area contributed by atoms with Crippen molar-refractivity contribution in [2.75, 3.05) is 5.73 Å². The lowest BCUT2D eigenvalue weighted by atomic mass is 10.1. The van der Waals surface area contributed by atoms with Crippen LogP contribution >= 0.6 is 0 Å². The largest absolute Gasteiger partial charge is 0.491 e. The number of nitrogens with two attached hydrogens (primary N) is 1. The van der Waals surface area contributed by atoms with E-state index in [1.54, 1.807) is 0 Å². The van der Waals surface area contributed by atoms with Crippen LogP contribution in [0.25, 0.3) is 0 Å². The van der Waals surface area contributed by atoms with Gasteiger partial charge >= 0.3 is 0 Å². The predicted octanol–water partition coefficient (Wildman–Crippen LogP) is 2.62. The van der Waals surface area contributed by atoms with Crippen molar-refractivity contribution in [2.45, 2.75) is 33.3 Å². The van der Waals surface area contributed by atoms with Crippen LogP contribution in [-0.4, -0.2) is 6.10 Å². The van der Waals surface area contributed by atoms with Crippen molar-refractivity contribution >= 4 is 5.69 Å². The predicted molar refractivity (Wildman–Crippen MR) is 56.0 cm³/mol. The first-order valence-corrected chi connectivity index (χ1v) is 4.68. The highest BCUT2D eigenvalue weighted by Gasteiger charge is 2.01. The Morgan fingerprint density at radius 1 is 1.38 bits per heavy atom. The van der Waals surface area contributed by atoms with Crippen LogP contribution in [0, 0.1) is 0 Å². The molecule has 1 rings (SSSR count). The summed E-state index contributed by atoms with van der Waals surface area (Å²) in [5, 5.41) is 0. The fraction of sp³-hybridized carbons (Fsp3) is 0.455. The van der Waals surface area contributed by atoms with E-state index in [4.69, 9.17) is 10.5 Å². The van der Waals surface area contributed by atoms with Crippen LogP contribution in [0.1, 0.15) is 26.3 Å². The first kappa shape index (κ1) is 9.90. The Kier molecular flexibility index (Phi) is 3.18. The van der Waals surface area contributed by atoms with Gasteiger partial charge in [-0.25, -0.2) is 0 Å². The quantitative estimate of drug-likeness (QED) is 0.724. The molecule has 1 aromatic carbocycles. The number of ether oxygens (including phenoxy) is 1. The molecule has 0 heterocycles. The van der Waals surface area contributed by atoms with Gasteiger partial charge in [0.25, 0.3) is 0 Å². The lowest BCUT2D eigenvalue weighted by molar-refractivity contribution is 0.242. The van der Waals surface area contributed by atoms with Crippen LogP contribution in [0.4, 0.5) is 5.69 Å². The van der Waals surface area contributed by atoms with Crippen molar-refractivity contribution in [2.24, 2.45) is 0 Å². The number of aryl methyl sites for hydroxylation is 1. The molecular weight excluding hydrogens is 162 g/mol. The average Bonchev–Trinajstić information content (AvgIpc) is 2.03. The molecule has 1 aromatic rings. The third-order valence-corrected chi connectivity index (χ3v) is 1.87. The number of hydrogen-bond acceptors (Lipinski definition) is 2. The molecule has 2 heteroatoms. The summed E-state index contributed by atoms with van der Waals surface area (Å²) in [4.78, 5) is 0. The highest BCUT2D eigenvalue weighted by Crippen LogP contribution is 2.20. The van der Waals surface area contributed by atoms with Gasteiger partial charge in [-0.1, -0.05) is 13.0 Å². The zero-order chi connectivity index (χ0) is 9.84. The summed E-state index contributed by atoms with van der Waals surface area (Å²) in [5.41, 5.74) is 7.82. The molecule has 0 unspecified atom stereocenters. The Labute approximate surface area is 79.7 Å². The van der Waals surface area contributed by atoms with E-state index in [0.29, 0.717) is 0 Å². The van der Waals surface area contributed by atoms with Gasteiger partial charge in [-0.15, -0.1) is 0 Å². The highest BCUT2D eigenvalue weighted by atomic mass is 16.5. The van der Waals surface area contributed by atoms with E-state index in [9.17, 15) is 0 Å². The summed E-state index contributed by atoms with van der Waals surface area (Å²) in [6.45, 7) is 6.10. The molecule has 0 radical (unpaired) electrons. The molecule has 0 aliphatic heterocycles. The van der Waals surface area contributed by atoms with Gasteiger partial charge < -0.3 is 10.5 Å². The fourth-order valence-electron chi connectivity index (χ4n) is 1.24. The van der Waals surface area contributed by atoms with E-state index in [1.807, 2.05) is 32.0 Å². The van der Waals surface area contributed by atoms with E-state index >= 15 is 0 Å². The zero-order valence-corrected chi connectivity index (χ0v) is 8.50. The summed E-state index contributed by atoms with van der Waals surface area (Å²) >= 11 is 0. The molecule has 13 heavy (non-hydrogen) atoms. The summed E-state index contributed by atoms with van der Waals surface area (Å²) in [6.07, 6.45) is 1.17. The van der Waals surface area contributed by atoms with Gasteiger partial charge in [0, 0.05) is 11.8 Å². The van der Waals surface area contributed by atoms with Crippen LogP contribution in [0.15, 0.2) is 18.2 Å². The van der Waals surface area contributed by atoms with Crippen molar-refractivity contribution in [3.05, 3.63) is 23.8 Å². The third kappa shape index (κ3) is 2.65. The van der Waals surface area contributed by atoms with E-state index in [0.717, 1.165) is 17.9 Å². The van der Waals surface area contributed by atoms with Gasteiger partial charge in [-0.05, 0) is 31.9 Å². The van der Waals surface area contributed by atoms with Gasteiger partial charge in [0.1, 0.15) is 5.75 Å². The first-order chi connectivity index (χ1) is 6.13. The van der Waals surface area contributed by atoms with Crippen LogP contribution in [0.3, 0.4) is 0 Å². The second-order valence-corrected chi connectivity index (χ2v) is 3.38. The van der Waals surface area contributed by atoms with E-state index < -0.39 is 0 Å². The van der Waals surface area contributed by atoms with Gasteiger partial charge in [-0.3, -0.25) is 0 Å². The number of benzene rings is 1. The Hall–Kier alpha value is -1.18. The normalized spacial score (nSPS) is 10.5. The lowest BCUT2D eigenvalue weighted by Crippen LogP contribution is -2.06. The van der Waals surface area contributed by atoms with Gasteiger partial charge in [0.15, 0.2) is 0 Å².